The van der Waals surface area contributed by atoms with Crippen LogP contribution in [0, 0.1) is 10.1 Å². The van der Waals surface area contributed by atoms with Crippen LogP contribution in [0.3, 0.4) is 0 Å². The lowest BCUT2D eigenvalue weighted by atomic mass is 10.2. The fourth-order valence-electron chi connectivity index (χ4n) is 2.85. The molecular weight excluding hydrogens is 354 g/mol. The molecule has 2 aliphatic rings. The number of para-hydroxylation sites is 2. The third-order valence-electron chi connectivity index (χ3n) is 4.56. The van der Waals surface area contributed by atoms with Gasteiger partial charge in [0, 0.05) is 18.0 Å². The summed E-state index contributed by atoms with van der Waals surface area (Å²) in [6, 6.07) is 6.59. The summed E-state index contributed by atoms with van der Waals surface area (Å²) < 4.78 is 2.19. The number of aromatic nitrogens is 3. The molecule has 0 bridgehead atoms. The molecule has 1 N–H and O–H groups in total. The molecule has 26 heavy (non-hydrogen) atoms. The largest absolute Gasteiger partial charge is 0.319 e. The zero-order valence-electron chi connectivity index (χ0n) is 14.3. The third kappa shape index (κ3) is 3.44. The standard InChI is InChI=1S/C17H19N5O3S/c1-10(16(23)18-13-4-2-3-5-14(13)22(24)25)26-17-20-19-15(11-6-7-11)21(17)12-8-9-12/h2-5,10-12H,6-9H2,1H3,(H,18,23)/t10-/m1/s1. The highest BCUT2D eigenvalue weighted by molar-refractivity contribution is 8.00. The van der Waals surface area contributed by atoms with E-state index < -0.39 is 10.2 Å². The van der Waals surface area contributed by atoms with Crippen LogP contribution in [0.2, 0.25) is 0 Å². The van der Waals surface area contributed by atoms with Gasteiger partial charge < -0.3 is 9.88 Å². The molecule has 0 unspecified atom stereocenters. The molecule has 1 amide bonds. The number of hydrogen-bond donors (Lipinski definition) is 1. The van der Waals surface area contributed by atoms with Crippen molar-refractivity contribution < 1.29 is 9.72 Å². The van der Waals surface area contributed by atoms with Crippen LogP contribution in [0.25, 0.3) is 0 Å². The van der Waals surface area contributed by atoms with E-state index in [9.17, 15) is 14.9 Å². The Balaban J connectivity index is 1.48. The van der Waals surface area contributed by atoms with E-state index in [4.69, 9.17) is 0 Å². The van der Waals surface area contributed by atoms with Crippen molar-refractivity contribution in [2.45, 2.75) is 55.0 Å². The van der Waals surface area contributed by atoms with Crippen molar-refractivity contribution in [3.05, 3.63) is 40.2 Å². The topological polar surface area (TPSA) is 103 Å². The van der Waals surface area contributed by atoms with Gasteiger partial charge in [0.1, 0.15) is 11.5 Å². The van der Waals surface area contributed by atoms with E-state index in [1.807, 2.05) is 0 Å². The number of amides is 1. The fraction of sp³-hybridized carbons (Fsp3) is 0.471. The summed E-state index contributed by atoms with van der Waals surface area (Å²) >= 11 is 1.35. The second kappa shape index (κ2) is 6.71. The Labute approximate surface area is 154 Å². The molecule has 9 heteroatoms. The number of carbonyl (C=O) groups excluding carboxylic acids is 1. The van der Waals surface area contributed by atoms with E-state index >= 15 is 0 Å². The summed E-state index contributed by atoms with van der Waals surface area (Å²) in [6.07, 6.45) is 4.57. The van der Waals surface area contributed by atoms with Crippen LogP contribution in [-0.2, 0) is 4.79 Å². The van der Waals surface area contributed by atoms with Crippen molar-refractivity contribution in [3.8, 4) is 0 Å². The molecule has 2 saturated carbocycles. The van der Waals surface area contributed by atoms with Crippen molar-refractivity contribution in [2.75, 3.05) is 5.32 Å². The highest BCUT2D eigenvalue weighted by Gasteiger charge is 2.37. The van der Waals surface area contributed by atoms with Gasteiger partial charge in [0.05, 0.1) is 10.2 Å². The number of carbonyl (C=O) groups is 1. The Morgan fingerprint density at radius 2 is 2.04 bits per heavy atom. The monoisotopic (exact) mass is 373 g/mol. The van der Waals surface area contributed by atoms with Gasteiger partial charge in [-0.2, -0.15) is 0 Å². The van der Waals surface area contributed by atoms with Crippen molar-refractivity contribution in [1.82, 2.24) is 14.8 Å². The molecule has 2 aliphatic carbocycles. The van der Waals surface area contributed by atoms with Gasteiger partial charge >= 0.3 is 0 Å². The summed E-state index contributed by atoms with van der Waals surface area (Å²) in [7, 11) is 0. The molecule has 1 heterocycles. The van der Waals surface area contributed by atoms with Gasteiger partial charge in [-0.1, -0.05) is 23.9 Å². The average Bonchev–Trinajstić information content (AvgIpc) is 3.54. The fourth-order valence-corrected chi connectivity index (χ4v) is 3.78. The minimum Gasteiger partial charge on any atom is -0.319 e. The predicted molar refractivity (Wildman–Crippen MR) is 97.3 cm³/mol. The number of nitro benzene ring substituents is 1. The van der Waals surface area contributed by atoms with Crippen molar-refractivity contribution in [1.29, 1.82) is 0 Å². The van der Waals surface area contributed by atoms with Crippen LogP contribution in [0.4, 0.5) is 11.4 Å². The normalized spacial score (nSPS) is 17.7. The lowest BCUT2D eigenvalue weighted by Gasteiger charge is -2.13. The number of anilines is 1. The summed E-state index contributed by atoms with van der Waals surface area (Å²) in [5.41, 5.74) is 0.0903. The Morgan fingerprint density at radius 3 is 2.69 bits per heavy atom. The van der Waals surface area contributed by atoms with Crippen LogP contribution in [-0.4, -0.2) is 30.8 Å². The van der Waals surface area contributed by atoms with Gasteiger partial charge in [-0.15, -0.1) is 10.2 Å². The first-order valence-corrected chi connectivity index (χ1v) is 9.58. The summed E-state index contributed by atoms with van der Waals surface area (Å²) in [4.78, 5) is 23.1. The van der Waals surface area contributed by atoms with E-state index in [-0.39, 0.29) is 17.3 Å². The number of nitrogens with one attached hydrogen (secondary N) is 1. The van der Waals surface area contributed by atoms with Gasteiger partial charge in [0.15, 0.2) is 5.16 Å². The molecule has 0 saturated heterocycles. The maximum absolute atomic E-state index is 12.5. The first-order valence-electron chi connectivity index (χ1n) is 8.70. The molecule has 1 aromatic carbocycles. The molecule has 136 valence electrons. The lowest BCUT2D eigenvalue weighted by molar-refractivity contribution is -0.383. The SMILES string of the molecule is C[C@@H](Sc1nnc(C2CC2)n1C1CC1)C(=O)Nc1ccccc1[N+](=O)[O-]. The quantitative estimate of drug-likeness (QED) is 0.452. The number of rotatable bonds is 7. The molecular formula is C17H19N5O3S. The zero-order chi connectivity index (χ0) is 18.3. The maximum atomic E-state index is 12.5. The third-order valence-corrected chi connectivity index (χ3v) is 5.61. The smallest absolute Gasteiger partial charge is 0.292 e. The first kappa shape index (κ1) is 17.0. The van der Waals surface area contributed by atoms with Crippen LogP contribution < -0.4 is 5.32 Å². The average molecular weight is 373 g/mol. The van der Waals surface area contributed by atoms with Gasteiger partial charge in [-0.05, 0) is 38.7 Å². The van der Waals surface area contributed by atoms with Crippen molar-refractivity contribution >= 4 is 29.0 Å². The second-order valence-corrected chi connectivity index (χ2v) is 8.05. The molecule has 2 aromatic rings. The van der Waals surface area contributed by atoms with Crippen LogP contribution in [0.1, 0.15) is 50.4 Å². The Bertz CT molecular complexity index is 860. The summed E-state index contributed by atoms with van der Waals surface area (Å²) in [5.74, 6) is 1.26. The van der Waals surface area contributed by atoms with Gasteiger partial charge in [-0.3, -0.25) is 14.9 Å². The summed E-state index contributed by atoms with van der Waals surface area (Å²) in [6.45, 7) is 1.78. The molecule has 0 radical (unpaired) electrons. The van der Waals surface area contributed by atoms with E-state index in [0.29, 0.717) is 12.0 Å². The van der Waals surface area contributed by atoms with Gasteiger partial charge in [-0.25, -0.2) is 0 Å². The van der Waals surface area contributed by atoms with Gasteiger partial charge in [0.25, 0.3) is 5.69 Å². The van der Waals surface area contributed by atoms with E-state index in [1.165, 1.54) is 23.9 Å². The molecule has 2 fully saturated rings. The number of benzene rings is 1. The molecule has 1 aromatic heterocycles. The Kier molecular flexibility index (Phi) is 4.39. The van der Waals surface area contributed by atoms with Crippen molar-refractivity contribution in [3.63, 3.8) is 0 Å². The molecule has 8 nitrogen and oxygen atoms in total. The molecule has 1 atom stereocenters. The molecule has 0 aliphatic heterocycles. The van der Waals surface area contributed by atoms with E-state index in [0.717, 1.165) is 36.7 Å². The first-order chi connectivity index (χ1) is 12.5. The Morgan fingerprint density at radius 1 is 1.31 bits per heavy atom. The van der Waals surface area contributed by atoms with E-state index in [2.05, 4.69) is 20.1 Å². The summed E-state index contributed by atoms with van der Waals surface area (Å²) in [5, 5.41) is 22.7. The maximum Gasteiger partial charge on any atom is 0.292 e. The highest BCUT2D eigenvalue weighted by atomic mass is 32.2. The van der Waals surface area contributed by atoms with Crippen LogP contribution in [0.5, 0.6) is 0 Å². The second-order valence-electron chi connectivity index (χ2n) is 6.74. The lowest BCUT2D eigenvalue weighted by Crippen LogP contribution is -2.23. The molecule has 0 spiro atoms. The Hall–Kier alpha value is -2.42. The number of nitrogens with zero attached hydrogens (tertiary/aromatic N) is 4. The van der Waals surface area contributed by atoms with Crippen LogP contribution >= 0.6 is 11.8 Å². The minimum absolute atomic E-state index is 0.116. The zero-order valence-corrected chi connectivity index (χ0v) is 15.1. The highest BCUT2D eigenvalue weighted by Crippen LogP contribution is 2.46. The van der Waals surface area contributed by atoms with Gasteiger partial charge in [0.2, 0.25) is 5.91 Å². The number of nitro groups is 1. The van der Waals surface area contributed by atoms with Crippen molar-refractivity contribution in [2.24, 2.45) is 0 Å². The number of hydrogen-bond acceptors (Lipinski definition) is 6. The predicted octanol–water partition coefficient (Wildman–Crippen LogP) is 3.52. The van der Waals surface area contributed by atoms with E-state index in [1.54, 1.807) is 19.1 Å². The van der Waals surface area contributed by atoms with Crippen LogP contribution in [0.15, 0.2) is 29.4 Å². The number of thioether (sulfide) groups is 1. The minimum atomic E-state index is -0.501. The molecule has 4 rings (SSSR count).